The Bertz CT molecular complexity index is 1170. The quantitative estimate of drug-likeness (QED) is 0.312. The lowest BCUT2D eigenvalue weighted by atomic mass is 9.63. The molecular formula is C30H39F2N3O3S. The van der Waals surface area contributed by atoms with Crippen LogP contribution in [0.3, 0.4) is 0 Å². The molecule has 6 nitrogen and oxygen atoms in total. The van der Waals surface area contributed by atoms with Crippen LogP contribution in [0.25, 0.3) is 0 Å². The molecule has 0 radical (unpaired) electrons. The molecule has 2 aromatic rings. The number of carbonyl (C=O) groups is 2. The fourth-order valence-corrected chi connectivity index (χ4v) is 6.13. The molecule has 1 unspecified atom stereocenters. The Hall–Kier alpha value is -2.88. The SMILES string of the molecule is CCCN(CCC)C(=O)C1=CC(C)=CC(C(N)=O)([C@H](Cc2cc(F)cc(F)c2)[C@@H](O)CNCc2cccs2)C1. The van der Waals surface area contributed by atoms with Crippen molar-refractivity contribution in [2.24, 2.45) is 17.1 Å². The van der Waals surface area contributed by atoms with Crippen LogP contribution >= 0.6 is 11.3 Å². The lowest BCUT2D eigenvalue weighted by molar-refractivity contribution is -0.132. The molecule has 3 rings (SSSR count). The number of halogens is 2. The number of hydrogen-bond acceptors (Lipinski definition) is 5. The van der Waals surface area contributed by atoms with Crippen LogP contribution in [0.4, 0.5) is 8.78 Å². The van der Waals surface area contributed by atoms with Crippen molar-refractivity contribution in [2.75, 3.05) is 19.6 Å². The molecule has 1 aliphatic rings. The number of nitrogens with one attached hydrogen (secondary N) is 1. The van der Waals surface area contributed by atoms with Crippen LogP contribution in [-0.4, -0.2) is 47.6 Å². The molecule has 0 aliphatic heterocycles. The molecule has 9 heteroatoms. The number of benzene rings is 1. The third-order valence-corrected chi connectivity index (χ3v) is 7.99. The number of carbonyl (C=O) groups excluding carboxylic acids is 2. The number of aliphatic hydroxyl groups excluding tert-OH is 1. The van der Waals surface area contributed by atoms with Crippen molar-refractivity contribution < 1.29 is 23.5 Å². The van der Waals surface area contributed by atoms with Gasteiger partial charge < -0.3 is 21.1 Å². The number of amides is 2. The summed E-state index contributed by atoms with van der Waals surface area (Å²) in [7, 11) is 0. The Morgan fingerprint density at radius 1 is 1.18 bits per heavy atom. The van der Waals surface area contributed by atoms with E-state index in [4.69, 9.17) is 5.73 Å². The first-order chi connectivity index (χ1) is 18.6. The van der Waals surface area contributed by atoms with Gasteiger partial charge in [0.05, 0.1) is 11.5 Å². The second-order valence-electron chi connectivity index (χ2n) is 10.3. The second kappa shape index (κ2) is 14.0. The zero-order chi connectivity index (χ0) is 28.6. The summed E-state index contributed by atoms with van der Waals surface area (Å²) in [6, 6.07) is 7.07. The van der Waals surface area contributed by atoms with Gasteiger partial charge in [0.1, 0.15) is 11.6 Å². The summed E-state index contributed by atoms with van der Waals surface area (Å²) in [6.45, 7) is 7.58. The topological polar surface area (TPSA) is 95.7 Å². The summed E-state index contributed by atoms with van der Waals surface area (Å²) >= 11 is 1.57. The first-order valence-electron chi connectivity index (χ1n) is 13.4. The van der Waals surface area contributed by atoms with Crippen LogP contribution in [0.15, 0.2) is 59.0 Å². The van der Waals surface area contributed by atoms with Gasteiger partial charge in [0, 0.05) is 48.6 Å². The highest BCUT2D eigenvalue weighted by Gasteiger charge is 2.48. The van der Waals surface area contributed by atoms with E-state index in [1.165, 1.54) is 12.1 Å². The summed E-state index contributed by atoms with van der Waals surface area (Å²) in [5.74, 6) is -3.22. The van der Waals surface area contributed by atoms with E-state index in [1.54, 1.807) is 35.3 Å². The molecule has 0 bridgehead atoms. The smallest absolute Gasteiger partial charge is 0.249 e. The van der Waals surface area contributed by atoms with Crippen molar-refractivity contribution >= 4 is 23.2 Å². The molecule has 1 aliphatic carbocycles. The van der Waals surface area contributed by atoms with Gasteiger partial charge in [-0.2, -0.15) is 0 Å². The number of aliphatic hydroxyl groups is 1. The zero-order valence-electron chi connectivity index (χ0n) is 22.9. The van der Waals surface area contributed by atoms with Gasteiger partial charge >= 0.3 is 0 Å². The summed E-state index contributed by atoms with van der Waals surface area (Å²) in [5.41, 5.74) is 6.02. The summed E-state index contributed by atoms with van der Waals surface area (Å²) in [5, 5.41) is 16.7. The number of hydrogen-bond donors (Lipinski definition) is 3. The molecule has 0 saturated heterocycles. The van der Waals surface area contributed by atoms with Gasteiger partial charge in [0.25, 0.3) is 0 Å². The van der Waals surface area contributed by atoms with Gasteiger partial charge in [0.15, 0.2) is 0 Å². The molecule has 2 amide bonds. The number of allylic oxidation sites excluding steroid dienone is 2. The van der Waals surface area contributed by atoms with Crippen molar-refractivity contribution in [3.63, 3.8) is 0 Å². The van der Waals surface area contributed by atoms with E-state index in [0.29, 0.717) is 36.3 Å². The van der Waals surface area contributed by atoms with Crippen LogP contribution in [0.5, 0.6) is 0 Å². The van der Waals surface area contributed by atoms with Gasteiger partial charge in [0.2, 0.25) is 11.8 Å². The van der Waals surface area contributed by atoms with E-state index in [9.17, 15) is 23.5 Å². The summed E-state index contributed by atoms with van der Waals surface area (Å²) in [6.07, 6.45) is 3.92. The van der Waals surface area contributed by atoms with Gasteiger partial charge in [-0.1, -0.05) is 37.6 Å². The molecule has 1 aromatic carbocycles. The Morgan fingerprint density at radius 3 is 2.41 bits per heavy atom. The van der Waals surface area contributed by atoms with Crippen molar-refractivity contribution in [3.8, 4) is 0 Å². The van der Waals surface area contributed by atoms with E-state index in [0.717, 1.165) is 23.8 Å². The number of nitrogens with zero attached hydrogens (tertiary/aromatic N) is 1. The van der Waals surface area contributed by atoms with Crippen LogP contribution in [0, 0.1) is 23.0 Å². The highest BCUT2D eigenvalue weighted by Crippen LogP contribution is 2.44. The lowest BCUT2D eigenvalue weighted by Gasteiger charge is -2.42. The van der Waals surface area contributed by atoms with Crippen molar-refractivity contribution in [1.29, 1.82) is 0 Å². The monoisotopic (exact) mass is 559 g/mol. The lowest BCUT2D eigenvalue weighted by Crippen LogP contribution is -2.51. The standard InChI is InChI=1S/C30H39F2N3O3S/c1-4-8-35(9-5-2)28(37)22-11-20(3)16-30(17-22,29(33)38)26(14-21-12-23(31)15-24(32)13-21)27(36)19-34-18-25-7-6-10-39-25/h6-7,10-13,15-16,26-27,34,36H,4-5,8-9,14,17-19H2,1-3H3,(H2,33,38)/t26-,27+,30?/m1/s1. The summed E-state index contributed by atoms with van der Waals surface area (Å²) < 4.78 is 28.2. The Morgan fingerprint density at radius 2 is 1.85 bits per heavy atom. The summed E-state index contributed by atoms with van der Waals surface area (Å²) in [4.78, 5) is 29.7. The van der Waals surface area contributed by atoms with Crippen molar-refractivity contribution in [2.45, 2.75) is 59.1 Å². The normalized spacial score (nSPS) is 18.7. The van der Waals surface area contributed by atoms with Crippen LogP contribution in [0.2, 0.25) is 0 Å². The van der Waals surface area contributed by atoms with Crippen LogP contribution in [0.1, 0.15) is 50.5 Å². The fourth-order valence-electron chi connectivity index (χ4n) is 5.46. The molecule has 0 spiro atoms. The molecule has 0 fully saturated rings. The first-order valence-corrected chi connectivity index (χ1v) is 14.3. The maximum absolute atomic E-state index is 14.1. The number of primary amides is 1. The molecule has 1 aromatic heterocycles. The predicted octanol–water partition coefficient (Wildman–Crippen LogP) is 4.73. The largest absolute Gasteiger partial charge is 0.391 e. The average Bonchev–Trinajstić information content (AvgIpc) is 3.39. The molecular weight excluding hydrogens is 520 g/mol. The predicted molar refractivity (Wildman–Crippen MR) is 151 cm³/mol. The molecule has 1 heterocycles. The molecule has 0 saturated carbocycles. The third kappa shape index (κ3) is 7.84. The number of thiophene rings is 1. The van der Waals surface area contributed by atoms with Crippen molar-refractivity contribution in [1.82, 2.24) is 10.2 Å². The third-order valence-electron chi connectivity index (χ3n) is 7.11. The van der Waals surface area contributed by atoms with E-state index < -0.39 is 35.0 Å². The Labute approximate surface area is 233 Å². The van der Waals surface area contributed by atoms with E-state index >= 15 is 0 Å². The first kappa shape index (κ1) is 30.7. The minimum Gasteiger partial charge on any atom is -0.391 e. The van der Waals surface area contributed by atoms with E-state index in [-0.39, 0.29) is 25.3 Å². The second-order valence-corrected chi connectivity index (χ2v) is 11.3. The minimum absolute atomic E-state index is 0.00706. The van der Waals surface area contributed by atoms with Crippen LogP contribution < -0.4 is 11.1 Å². The van der Waals surface area contributed by atoms with E-state index in [1.807, 2.05) is 31.4 Å². The van der Waals surface area contributed by atoms with E-state index in [2.05, 4.69) is 5.32 Å². The zero-order valence-corrected chi connectivity index (χ0v) is 23.7. The van der Waals surface area contributed by atoms with Crippen molar-refractivity contribution in [3.05, 3.63) is 81.1 Å². The highest BCUT2D eigenvalue weighted by atomic mass is 32.1. The number of rotatable bonds is 14. The van der Waals surface area contributed by atoms with Gasteiger partial charge in [-0.3, -0.25) is 9.59 Å². The highest BCUT2D eigenvalue weighted by molar-refractivity contribution is 7.09. The molecule has 4 N–H and O–H groups in total. The minimum atomic E-state index is -1.44. The maximum atomic E-state index is 14.1. The Balaban J connectivity index is 1.99. The van der Waals surface area contributed by atoms with Gasteiger partial charge in [-0.25, -0.2) is 8.78 Å². The molecule has 212 valence electrons. The molecule has 39 heavy (non-hydrogen) atoms. The van der Waals surface area contributed by atoms with Crippen LogP contribution in [-0.2, 0) is 22.6 Å². The fraction of sp³-hybridized carbons (Fsp3) is 0.467. The number of nitrogens with two attached hydrogens (primary N) is 1. The maximum Gasteiger partial charge on any atom is 0.249 e. The van der Waals surface area contributed by atoms with Gasteiger partial charge in [-0.05, 0) is 61.7 Å². The molecule has 3 atom stereocenters. The Kier molecular flexibility index (Phi) is 11.0. The average molecular weight is 560 g/mol. The van der Waals surface area contributed by atoms with Gasteiger partial charge in [-0.15, -0.1) is 11.3 Å².